The lowest BCUT2D eigenvalue weighted by Gasteiger charge is -2.34. The highest BCUT2D eigenvalue weighted by molar-refractivity contribution is 5.68. The highest BCUT2D eigenvalue weighted by atomic mass is 16.6. The van der Waals surface area contributed by atoms with Gasteiger partial charge in [-0.25, -0.2) is 4.79 Å². The molecule has 0 saturated carbocycles. The van der Waals surface area contributed by atoms with Crippen molar-refractivity contribution < 1.29 is 19.0 Å². The second-order valence-electron chi connectivity index (χ2n) is 6.90. The second kappa shape index (κ2) is 7.71. The van der Waals surface area contributed by atoms with Gasteiger partial charge in [0.2, 0.25) is 0 Å². The molecule has 0 aromatic heterocycles. The summed E-state index contributed by atoms with van der Waals surface area (Å²) in [4.78, 5) is 13.9. The third-order valence-corrected chi connectivity index (χ3v) is 3.77. The largest absolute Gasteiger partial charge is 0.496 e. The summed E-state index contributed by atoms with van der Waals surface area (Å²) in [7, 11) is 1.64. The predicted octanol–water partition coefficient (Wildman–Crippen LogP) is 3.52. The van der Waals surface area contributed by atoms with Gasteiger partial charge in [-0.05, 0) is 38.5 Å². The van der Waals surface area contributed by atoms with Crippen molar-refractivity contribution in [2.24, 2.45) is 0 Å². The fourth-order valence-corrected chi connectivity index (χ4v) is 2.67. The maximum atomic E-state index is 12.2. The van der Waals surface area contributed by atoms with Gasteiger partial charge in [0, 0.05) is 18.5 Å². The summed E-state index contributed by atoms with van der Waals surface area (Å²) in [5, 5.41) is 0. The van der Waals surface area contributed by atoms with Crippen LogP contribution in [0.1, 0.15) is 31.9 Å². The van der Waals surface area contributed by atoms with Gasteiger partial charge in [-0.15, -0.1) is 0 Å². The molecule has 1 saturated heterocycles. The van der Waals surface area contributed by atoms with E-state index in [0.29, 0.717) is 19.7 Å². The van der Waals surface area contributed by atoms with Crippen LogP contribution in [-0.2, 0) is 15.9 Å². The second-order valence-corrected chi connectivity index (χ2v) is 6.90. The summed E-state index contributed by atoms with van der Waals surface area (Å²) in [6.45, 7) is 11.0. The van der Waals surface area contributed by atoms with E-state index in [2.05, 4.69) is 6.58 Å². The van der Waals surface area contributed by atoms with Crippen LogP contribution in [0.5, 0.6) is 5.75 Å². The van der Waals surface area contributed by atoms with Crippen LogP contribution in [0.15, 0.2) is 24.8 Å². The molecular weight excluding hydrogens is 306 g/mol. The third kappa shape index (κ3) is 4.99. The number of hydrogen-bond donors (Lipinski definition) is 0. The number of carbonyl (C=O) groups is 1. The number of amides is 1. The molecule has 0 spiro atoms. The van der Waals surface area contributed by atoms with Gasteiger partial charge in [0.1, 0.15) is 11.4 Å². The number of rotatable bonds is 4. The average Bonchev–Trinajstić information content (AvgIpc) is 2.53. The van der Waals surface area contributed by atoms with E-state index in [0.717, 1.165) is 23.3 Å². The fourth-order valence-electron chi connectivity index (χ4n) is 2.67. The van der Waals surface area contributed by atoms with Gasteiger partial charge >= 0.3 is 6.09 Å². The molecule has 5 heteroatoms. The molecule has 132 valence electrons. The van der Waals surface area contributed by atoms with Gasteiger partial charge in [0.25, 0.3) is 0 Å². The Labute approximate surface area is 144 Å². The van der Waals surface area contributed by atoms with Gasteiger partial charge in [0.15, 0.2) is 0 Å². The molecule has 1 aromatic carbocycles. The molecule has 5 nitrogen and oxygen atoms in total. The first-order valence-corrected chi connectivity index (χ1v) is 8.21. The molecule has 2 rings (SSSR count). The van der Waals surface area contributed by atoms with Crippen LogP contribution in [0.25, 0.3) is 6.08 Å². The van der Waals surface area contributed by atoms with E-state index in [1.165, 1.54) is 0 Å². The van der Waals surface area contributed by atoms with Crippen LogP contribution in [0.4, 0.5) is 4.79 Å². The average molecular weight is 333 g/mol. The maximum absolute atomic E-state index is 12.2. The minimum atomic E-state index is -0.486. The van der Waals surface area contributed by atoms with Crippen molar-refractivity contribution in [1.29, 1.82) is 0 Å². The van der Waals surface area contributed by atoms with E-state index in [9.17, 15) is 4.79 Å². The Kier molecular flexibility index (Phi) is 5.89. The molecule has 1 aliphatic heterocycles. The maximum Gasteiger partial charge on any atom is 0.410 e. The van der Waals surface area contributed by atoms with Gasteiger partial charge in [0.05, 0.1) is 26.4 Å². The number of ether oxygens (including phenoxy) is 3. The van der Waals surface area contributed by atoms with E-state index in [-0.39, 0.29) is 12.2 Å². The van der Waals surface area contributed by atoms with Gasteiger partial charge in [-0.2, -0.15) is 0 Å². The SMILES string of the molecule is C=Cc1cc(CC2CN(C(=O)OC(C)(C)C)CCO2)ccc1OC. The molecule has 1 aliphatic rings. The molecule has 1 atom stereocenters. The van der Waals surface area contributed by atoms with Crippen LogP contribution in [0.3, 0.4) is 0 Å². The van der Waals surface area contributed by atoms with Crippen molar-refractivity contribution >= 4 is 12.2 Å². The van der Waals surface area contributed by atoms with E-state index in [4.69, 9.17) is 14.2 Å². The lowest BCUT2D eigenvalue weighted by Crippen LogP contribution is -2.48. The minimum Gasteiger partial charge on any atom is -0.496 e. The van der Waals surface area contributed by atoms with E-state index >= 15 is 0 Å². The highest BCUT2D eigenvalue weighted by Gasteiger charge is 2.28. The summed E-state index contributed by atoms with van der Waals surface area (Å²) in [5.41, 5.74) is 1.59. The zero-order valence-corrected chi connectivity index (χ0v) is 15.0. The first-order valence-electron chi connectivity index (χ1n) is 8.21. The summed E-state index contributed by atoms with van der Waals surface area (Å²) in [6.07, 6.45) is 2.18. The number of hydrogen-bond acceptors (Lipinski definition) is 4. The summed E-state index contributed by atoms with van der Waals surface area (Å²) in [6, 6.07) is 5.99. The molecule has 24 heavy (non-hydrogen) atoms. The Bertz CT molecular complexity index is 592. The first kappa shape index (κ1) is 18.3. The number of benzene rings is 1. The van der Waals surface area contributed by atoms with Crippen molar-refractivity contribution in [1.82, 2.24) is 4.90 Å². The van der Waals surface area contributed by atoms with Gasteiger partial charge in [-0.3, -0.25) is 0 Å². The normalized spacial score (nSPS) is 18.2. The van der Waals surface area contributed by atoms with Crippen LogP contribution >= 0.6 is 0 Å². The smallest absolute Gasteiger partial charge is 0.410 e. The van der Waals surface area contributed by atoms with Crippen LogP contribution in [0, 0.1) is 0 Å². The van der Waals surface area contributed by atoms with E-state index < -0.39 is 5.60 Å². The lowest BCUT2D eigenvalue weighted by molar-refractivity contribution is -0.0415. The van der Waals surface area contributed by atoms with Gasteiger partial charge < -0.3 is 19.1 Å². The molecular formula is C19H27NO4. The Hall–Kier alpha value is -2.01. The van der Waals surface area contributed by atoms with Crippen molar-refractivity contribution in [3.63, 3.8) is 0 Å². The molecule has 1 amide bonds. The highest BCUT2D eigenvalue weighted by Crippen LogP contribution is 2.23. The molecule has 1 heterocycles. The van der Waals surface area contributed by atoms with Crippen molar-refractivity contribution in [2.45, 2.75) is 38.9 Å². The molecule has 1 aromatic rings. The number of methoxy groups -OCH3 is 1. The van der Waals surface area contributed by atoms with Crippen molar-refractivity contribution in [2.75, 3.05) is 26.8 Å². The zero-order valence-electron chi connectivity index (χ0n) is 15.0. The van der Waals surface area contributed by atoms with Crippen LogP contribution in [-0.4, -0.2) is 49.5 Å². The number of nitrogens with zero attached hydrogens (tertiary/aromatic N) is 1. The van der Waals surface area contributed by atoms with Crippen molar-refractivity contribution in [3.05, 3.63) is 35.9 Å². The number of morpholine rings is 1. The topological polar surface area (TPSA) is 48.0 Å². The number of carbonyl (C=O) groups excluding carboxylic acids is 1. The monoisotopic (exact) mass is 333 g/mol. The molecule has 1 unspecified atom stereocenters. The minimum absolute atomic E-state index is 0.0441. The summed E-state index contributed by atoms with van der Waals surface area (Å²) < 4.78 is 16.6. The molecule has 0 radical (unpaired) electrons. The molecule has 0 bridgehead atoms. The summed E-state index contributed by atoms with van der Waals surface area (Å²) >= 11 is 0. The Morgan fingerprint density at radius 1 is 1.46 bits per heavy atom. The van der Waals surface area contributed by atoms with Crippen LogP contribution < -0.4 is 4.74 Å². The first-order chi connectivity index (χ1) is 11.3. The Morgan fingerprint density at radius 2 is 2.21 bits per heavy atom. The standard InChI is InChI=1S/C19H27NO4/c1-6-15-11-14(7-8-17(15)22-5)12-16-13-20(9-10-23-16)18(21)24-19(2,3)4/h6-8,11,16H,1,9-10,12-13H2,2-5H3. The fraction of sp³-hybridized carbons (Fsp3) is 0.526. The Balaban J connectivity index is 2.00. The van der Waals surface area contributed by atoms with E-state index in [1.54, 1.807) is 18.1 Å². The molecule has 0 aliphatic carbocycles. The third-order valence-electron chi connectivity index (χ3n) is 3.77. The molecule has 1 fully saturated rings. The predicted molar refractivity (Wildman–Crippen MR) is 94.3 cm³/mol. The van der Waals surface area contributed by atoms with E-state index in [1.807, 2.05) is 39.0 Å². The molecule has 0 N–H and O–H groups in total. The Morgan fingerprint density at radius 3 is 2.83 bits per heavy atom. The quantitative estimate of drug-likeness (QED) is 0.846. The zero-order chi connectivity index (χ0) is 17.7. The summed E-state index contributed by atoms with van der Waals surface area (Å²) in [5.74, 6) is 0.800. The van der Waals surface area contributed by atoms with Gasteiger partial charge in [-0.1, -0.05) is 18.7 Å². The van der Waals surface area contributed by atoms with Crippen molar-refractivity contribution in [3.8, 4) is 5.75 Å². The van der Waals surface area contributed by atoms with Crippen LogP contribution in [0.2, 0.25) is 0 Å². The lowest BCUT2D eigenvalue weighted by atomic mass is 10.0.